The number of aryl methyl sites for hydroxylation is 2. The summed E-state index contributed by atoms with van der Waals surface area (Å²) in [6, 6.07) is 7.12. The summed E-state index contributed by atoms with van der Waals surface area (Å²) in [5, 5.41) is 22.5. The predicted molar refractivity (Wildman–Crippen MR) is 66.3 cm³/mol. The van der Waals surface area contributed by atoms with Crippen molar-refractivity contribution in [3.63, 3.8) is 0 Å². The van der Waals surface area contributed by atoms with Crippen LogP contribution in [0.5, 0.6) is 11.6 Å². The van der Waals surface area contributed by atoms with E-state index in [1.807, 2.05) is 6.92 Å². The van der Waals surface area contributed by atoms with Crippen LogP contribution in [0.2, 0.25) is 0 Å². The van der Waals surface area contributed by atoms with Crippen LogP contribution in [-0.2, 0) is 20.3 Å². The molecule has 0 aliphatic heterocycles. The summed E-state index contributed by atoms with van der Waals surface area (Å²) < 4.78 is 7.31. The molecule has 5 nitrogen and oxygen atoms in total. The molecule has 1 aromatic heterocycles. The first-order chi connectivity index (χ1) is 8.65. The van der Waals surface area contributed by atoms with Crippen molar-refractivity contribution in [1.29, 1.82) is 0 Å². The number of rotatable bonds is 4. The molecule has 96 valence electrons. The zero-order chi connectivity index (χ0) is 13.1. The fourth-order valence-electron chi connectivity index (χ4n) is 1.77. The van der Waals surface area contributed by atoms with E-state index in [2.05, 4.69) is 5.10 Å². The molecule has 1 heterocycles. The number of aliphatic hydroxyl groups excluding tert-OH is 2. The highest BCUT2D eigenvalue weighted by Crippen LogP contribution is 2.27. The second kappa shape index (κ2) is 5.20. The standard InChI is InChI=1S/C13H16N2O3/c1-9-12(8-17)13(15(2)14-9)18-11-5-3-10(7-16)4-6-11/h3-6,16-17H,7-8H2,1-2H3. The van der Waals surface area contributed by atoms with Crippen molar-refractivity contribution in [1.82, 2.24) is 9.78 Å². The number of hydrogen-bond acceptors (Lipinski definition) is 4. The Labute approximate surface area is 105 Å². The number of aliphatic hydroxyl groups is 2. The molecular weight excluding hydrogens is 232 g/mol. The van der Waals surface area contributed by atoms with Crippen molar-refractivity contribution in [2.45, 2.75) is 20.1 Å². The van der Waals surface area contributed by atoms with E-state index < -0.39 is 0 Å². The summed E-state index contributed by atoms with van der Waals surface area (Å²) in [7, 11) is 1.77. The lowest BCUT2D eigenvalue weighted by atomic mass is 10.2. The van der Waals surface area contributed by atoms with Crippen LogP contribution in [0.4, 0.5) is 0 Å². The highest BCUT2D eigenvalue weighted by Gasteiger charge is 2.14. The SMILES string of the molecule is Cc1nn(C)c(Oc2ccc(CO)cc2)c1CO. The normalized spacial score (nSPS) is 10.7. The van der Waals surface area contributed by atoms with Gasteiger partial charge in [-0.1, -0.05) is 12.1 Å². The van der Waals surface area contributed by atoms with Crippen LogP contribution in [-0.4, -0.2) is 20.0 Å². The van der Waals surface area contributed by atoms with E-state index in [4.69, 9.17) is 9.84 Å². The Morgan fingerprint density at radius 2 is 1.83 bits per heavy atom. The third-order valence-electron chi connectivity index (χ3n) is 2.77. The molecule has 18 heavy (non-hydrogen) atoms. The highest BCUT2D eigenvalue weighted by molar-refractivity contribution is 5.36. The molecule has 0 aliphatic carbocycles. The number of nitrogens with zero attached hydrogens (tertiary/aromatic N) is 2. The van der Waals surface area contributed by atoms with Gasteiger partial charge in [0.05, 0.1) is 24.5 Å². The van der Waals surface area contributed by atoms with Crippen molar-refractivity contribution >= 4 is 0 Å². The monoisotopic (exact) mass is 248 g/mol. The molecule has 2 rings (SSSR count). The van der Waals surface area contributed by atoms with Crippen LogP contribution in [0.1, 0.15) is 16.8 Å². The Hall–Kier alpha value is -1.85. The van der Waals surface area contributed by atoms with Gasteiger partial charge in [-0.25, -0.2) is 4.68 Å². The summed E-state index contributed by atoms with van der Waals surface area (Å²) in [6.07, 6.45) is 0. The number of ether oxygens (including phenoxy) is 1. The second-order valence-electron chi connectivity index (χ2n) is 4.05. The summed E-state index contributed by atoms with van der Waals surface area (Å²) in [6.45, 7) is 1.73. The minimum absolute atomic E-state index is 0.00693. The molecule has 0 saturated carbocycles. The molecule has 1 aromatic carbocycles. The molecule has 0 amide bonds. The quantitative estimate of drug-likeness (QED) is 0.860. The number of hydrogen-bond donors (Lipinski definition) is 2. The van der Waals surface area contributed by atoms with E-state index in [1.165, 1.54) is 0 Å². The van der Waals surface area contributed by atoms with Gasteiger partial charge in [-0.05, 0) is 24.6 Å². The lowest BCUT2D eigenvalue weighted by Gasteiger charge is -2.08. The largest absolute Gasteiger partial charge is 0.439 e. The molecule has 0 spiro atoms. The molecule has 0 radical (unpaired) electrons. The minimum atomic E-state index is -0.107. The third kappa shape index (κ3) is 2.37. The van der Waals surface area contributed by atoms with Gasteiger partial charge in [-0.2, -0.15) is 5.10 Å². The maximum atomic E-state index is 9.31. The molecule has 0 aliphatic rings. The molecule has 0 fully saturated rings. The van der Waals surface area contributed by atoms with Crippen molar-refractivity contribution in [3.05, 3.63) is 41.1 Å². The Balaban J connectivity index is 2.27. The van der Waals surface area contributed by atoms with E-state index in [0.717, 1.165) is 11.3 Å². The van der Waals surface area contributed by atoms with E-state index in [-0.39, 0.29) is 13.2 Å². The lowest BCUT2D eigenvalue weighted by molar-refractivity contribution is 0.274. The van der Waals surface area contributed by atoms with Gasteiger partial charge < -0.3 is 14.9 Å². The van der Waals surface area contributed by atoms with Crippen molar-refractivity contribution < 1.29 is 14.9 Å². The maximum absolute atomic E-state index is 9.31. The zero-order valence-electron chi connectivity index (χ0n) is 10.4. The third-order valence-corrected chi connectivity index (χ3v) is 2.77. The summed E-state index contributed by atoms with van der Waals surface area (Å²) >= 11 is 0. The van der Waals surface area contributed by atoms with Gasteiger partial charge in [0.15, 0.2) is 0 Å². The molecule has 2 N–H and O–H groups in total. The first-order valence-corrected chi connectivity index (χ1v) is 5.66. The topological polar surface area (TPSA) is 67.5 Å². The molecular formula is C13H16N2O3. The van der Waals surface area contributed by atoms with Gasteiger partial charge >= 0.3 is 0 Å². The number of aromatic nitrogens is 2. The van der Waals surface area contributed by atoms with Gasteiger partial charge in [0, 0.05) is 7.05 Å². The molecule has 0 bridgehead atoms. The summed E-state index contributed by atoms with van der Waals surface area (Å²) in [4.78, 5) is 0. The molecule has 0 saturated heterocycles. The Bertz CT molecular complexity index is 532. The minimum Gasteiger partial charge on any atom is -0.439 e. The Kier molecular flexibility index (Phi) is 3.64. The fraction of sp³-hybridized carbons (Fsp3) is 0.308. The molecule has 0 unspecified atom stereocenters. The Morgan fingerprint density at radius 3 is 2.39 bits per heavy atom. The van der Waals surface area contributed by atoms with Crippen molar-refractivity contribution in [2.24, 2.45) is 7.05 Å². The summed E-state index contributed by atoms with van der Waals surface area (Å²) in [5.74, 6) is 1.18. The number of benzene rings is 1. The first-order valence-electron chi connectivity index (χ1n) is 5.66. The smallest absolute Gasteiger partial charge is 0.223 e. The maximum Gasteiger partial charge on any atom is 0.223 e. The fourth-order valence-corrected chi connectivity index (χ4v) is 1.77. The van der Waals surface area contributed by atoms with Crippen LogP contribution in [0.15, 0.2) is 24.3 Å². The Morgan fingerprint density at radius 1 is 1.17 bits per heavy atom. The summed E-state index contributed by atoms with van der Waals surface area (Å²) in [5.41, 5.74) is 2.26. The van der Waals surface area contributed by atoms with Crippen molar-refractivity contribution in [3.8, 4) is 11.6 Å². The average Bonchev–Trinajstić information content (AvgIpc) is 2.64. The van der Waals surface area contributed by atoms with E-state index in [9.17, 15) is 5.11 Å². The second-order valence-corrected chi connectivity index (χ2v) is 4.05. The highest BCUT2D eigenvalue weighted by atomic mass is 16.5. The van der Waals surface area contributed by atoms with Gasteiger partial charge in [0.2, 0.25) is 5.88 Å². The van der Waals surface area contributed by atoms with Crippen LogP contribution in [0, 0.1) is 6.92 Å². The van der Waals surface area contributed by atoms with Gasteiger partial charge in [0.1, 0.15) is 5.75 Å². The molecule has 2 aromatic rings. The van der Waals surface area contributed by atoms with Gasteiger partial charge in [-0.3, -0.25) is 0 Å². The van der Waals surface area contributed by atoms with E-state index in [0.29, 0.717) is 17.2 Å². The van der Waals surface area contributed by atoms with Gasteiger partial charge in [-0.15, -0.1) is 0 Å². The van der Waals surface area contributed by atoms with Gasteiger partial charge in [0.25, 0.3) is 0 Å². The van der Waals surface area contributed by atoms with Crippen molar-refractivity contribution in [2.75, 3.05) is 0 Å². The zero-order valence-corrected chi connectivity index (χ0v) is 10.4. The molecule has 5 heteroatoms. The average molecular weight is 248 g/mol. The van der Waals surface area contributed by atoms with Crippen LogP contribution in [0.25, 0.3) is 0 Å². The van der Waals surface area contributed by atoms with E-state index >= 15 is 0 Å². The van der Waals surface area contributed by atoms with Crippen LogP contribution in [0.3, 0.4) is 0 Å². The molecule has 0 atom stereocenters. The lowest BCUT2D eigenvalue weighted by Crippen LogP contribution is -1.97. The van der Waals surface area contributed by atoms with Crippen LogP contribution >= 0.6 is 0 Å². The van der Waals surface area contributed by atoms with E-state index in [1.54, 1.807) is 36.0 Å². The predicted octanol–water partition coefficient (Wildman–Crippen LogP) is 1.51. The van der Waals surface area contributed by atoms with Crippen LogP contribution < -0.4 is 4.74 Å². The first kappa shape index (κ1) is 12.6.